The molecule has 0 spiro atoms. The van der Waals surface area contributed by atoms with Crippen molar-refractivity contribution in [1.82, 2.24) is 4.90 Å². The van der Waals surface area contributed by atoms with E-state index in [0.717, 1.165) is 18.0 Å². The first-order valence-electron chi connectivity index (χ1n) is 11.0. The molecule has 0 radical (unpaired) electrons. The van der Waals surface area contributed by atoms with Crippen molar-refractivity contribution in [3.63, 3.8) is 0 Å². The van der Waals surface area contributed by atoms with E-state index in [4.69, 9.17) is 0 Å². The fraction of sp³-hybridized carbons (Fsp3) is 0.696. The maximum Gasteiger partial charge on any atom is 0.411 e. The van der Waals surface area contributed by atoms with Gasteiger partial charge >= 0.3 is 6.09 Å². The van der Waals surface area contributed by atoms with Gasteiger partial charge < -0.3 is 5.11 Å². The number of amides is 1. The minimum absolute atomic E-state index is 0. The van der Waals surface area contributed by atoms with Crippen LogP contribution < -0.4 is 4.90 Å². The third-order valence-corrected chi connectivity index (χ3v) is 7.33. The quantitative estimate of drug-likeness (QED) is 0.683. The summed E-state index contributed by atoms with van der Waals surface area (Å²) in [6.07, 6.45) is 11.1. The zero-order valence-corrected chi connectivity index (χ0v) is 17.9. The molecule has 1 aromatic rings. The van der Waals surface area contributed by atoms with Crippen LogP contribution in [-0.2, 0) is 6.42 Å². The van der Waals surface area contributed by atoms with Crippen LogP contribution >= 0.6 is 12.4 Å². The topological polar surface area (TPSA) is 43.8 Å². The van der Waals surface area contributed by atoms with Gasteiger partial charge in [-0.15, -0.1) is 12.4 Å². The second-order valence-electron chi connectivity index (χ2n) is 8.70. The lowest BCUT2D eigenvalue weighted by atomic mass is 9.78. The molecule has 0 unspecified atom stereocenters. The van der Waals surface area contributed by atoms with Crippen LogP contribution in [0.25, 0.3) is 0 Å². The number of carbonyl (C=O) groups is 1. The molecule has 0 aromatic heterocycles. The molecule has 2 aliphatic carbocycles. The van der Waals surface area contributed by atoms with E-state index in [0.29, 0.717) is 18.5 Å². The molecule has 1 heterocycles. The Labute approximate surface area is 175 Å². The maximum atomic E-state index is 11.6. The Morgan fingerprint density at radius 2 is 1.96 bits per heavy atom. The van der Waals surface area contributed by atoms with Crippen molar-refractivity contribution in [1.29, 1.82) is 0 Å². The molecule has 156 valence electrons. The number of nitrogens with zero attached hydrogens (tertiary/aromatic N) is 2. The molecule has 5 heteroatoms. The molecule has 28 heavy (non-hydrogen) atoms. The standard InChI is InChI=1S/C23H34N2O2.ClH/c1-2-25(23(26)27)22-10-6-9-18-19(22)11-12-21-20(18)14-16-24(21)15-13-17-7-4-3-5-8-17;/h6,9-10,17,20-21H,2-5,7-8,11-16H2,1H3,(H,26,27);1H/t20-,21+;/m0./s1. The molecule has 1 aliphatic heterocycles. The lowest BCUT2D eigenvalue weighted by Crippen LogP contribution is -2.37. The molecular formula is C23H35ClN2O2. The molecule has 3 aliphatic rings. The van der Waals surface area contributed by atoms with Crippen molar-refractivity contribution >= 4 is 24.2 Å². The van der Waals surface area contributed by atoms with Crippen molar-refractivity contribution in [3.8, 4) is 0 Å². The van der Waals surface area contributed by atoms with Gasteiger partial charge in [-0.05, 0) is 68.8 Å². The summed E-state index contributed by atoms with van der Waals surface area (Å²) >= 11 is 0. The molecule has 2 fully saturated rings. The first-order valence-corrected chi connectivity index (χ1v) is 11.0. The first kappa shape index (κ1) is 21.4. The van der Waals surface area contributed by atoms with Crippen LogP contribution in [0.4, 0.5) is 10.5 Å². The predicted molar refractivity (Wildman–Crippen MR) is 117 cm³/mol. The minimum atomic E-state index is -0.839. The Hall–Kier alpha value is -1.26. The van der Waals surface area contributed by atoms with Crippen molar-refractivity contribution in [3.05, 3.63) is 29.3 Å². The molecule has 4 rings (SSSR count). The van der Waals surface area contributed by atoms with Crippen LogP contribution in [0.3, 0.4) is 0 Å². The van der Waals surface area contributed by atoms with E-state index in [1.54, 1.807) is 0 Å². The Kier molecular flexibility index (Phi) is 7.27. The molecule has 1 amide bonds. The Morgan fingerprint density at radius 1 is 1.18 bits per heavy atom. The highest BCUT2D eigenvalue weighted by molar-refractivity contribution is 5.87. The number of carboxylic acid groups (broad SMARTS) is 1. The molecule has 0 bridgehead atoms. The lowest BCUT2D eigenvalue weighted by Gasteiger charge is -2.36. The summed E-state index contributed by atoms with van der Waals surface area (Å²) in [6.45, 7) is 4.90. The van der Waals surface area contributed by atoms with E-state index in [1.807, 2.05) is 13.0 Å². The summed E-state index contributed by atoms with van der Waals surface area (Å²) in [5, 5.41) is 9.57. The highest BCUT2D eigenvalue weighted by Crippen LogP contribution is 2.44. The van der Waals surface area contributed by atoms with Crippen LogP contribution in [0.15, 0.2) is 18.2 Å². The van der Waals surface area contributed by atoms with Gasteiger partial charge in [0.1, 0.15) is 0 Å². The second-order valence-corrected chi connectivity index (χ2v) is 8.70. The predicted octanol–water partition coefficient (Wildman–Crippen LogP) is 5.69. The van der Waals surface area contributed by atoms with E-state index >= 15 is 0 Å². The molecule has 1 saturated carbocycles. The molecule has 1 aromatic carbocycles. The van der Waals surface area contributed by atoms with Crippen LogP contribution in [-0.4, -0.2) is 41.8 Å². The van der Waals surface area contributed by atoms with Gasteiger partial charge in [-0.2, -0.15) is 0 Å². The summed E-state index contributed by atoms with van der Waals surface area (Å²) < 4.78 is 0. The molecule has 1 saturated heterocycles. The molecule has 1 N–H and O–H groups in total. The van der Waals surface area contributed by atoms with Crippen molar-refractivity contribution in [2.45, 2.75) is 76.7 Å². The third kappa shape index (κ3) is 4.18. The summed E-state index contributed by atoms with van der Waals surface area (Å²) in [5.41, 5.74) is 3.63. The van der Waals surface area contributed by atoms with Crippen LogP contribution in [0.2, 0.25) is 0 Å². The van der Waals surface area contributed by atoms with Crippen LogP contribution in [0.5, 0.6) is 0 Å². The summed E-state index contributed by atoms with van der Waals surface area (Å²) in [7, 11) is 0. The Balaban J connectivity index is 0.00000225. The highest BCUT2D eigenvalue weighted by Gasteiger charge is 2.39. The molecule has 2 atom stereocenters. The second kappa shape index (κ2) is 9.49. The van der Waals surface area contributed by atoms with Crippen LogP contribution in [0, 0.1) is 5.92 Å². The number of hydrogen-bond acceptors (Lipinski definition) is 2. The average Bonchev–Trinajstić information content (AvgIpc) is 3.11. The van der Waals surface area contributed by atoms with Gasteiger partial charge in [-0.1, -0.05) is 44.2 Å². The minimum Gasteiger partial charge on any atom is -0.465 e. The largest absolute Gasteiger partial charge is 0.465 e. The Bertz CT molecular complexity index is 675. The van der Waals surface area contributed by atoms with E-state index in [9.17, 15) is 9.90 Å². The van der Waals surface area contributed by atoms with Gasteiger partial charge in [0.15, 0.2) is 0 Å². The molecular weight excluding hydrogens is 372 g/mol. The SMILES string of the molecule is CCN(C(=O)O)c1cccc2c1CC[C@@H]1[C@H]2CCN1CCC1CCCCC1.Cl. The lowest BCUT2D eigenvalue weighted by molar-refractivity contribution is 0.199. The number of halogens is 1. The number of fused-ring (bicyclic) bond motifs is 3. The highest BCUT2D eigenvalue weighted by atomic mass is 35.5. The van der Waals surface area contributed by atoms with E-state index in [2.05, 4.69) is 17.0 Å². The van der Waals surface area contributed by atoms with Crippen molar-refractivity contribution < 1.29 is 9.90 Å². The van der Waals surface area contributed by atoms with E-state index in [-0.39, 0.29) is 12.4 Å². The van der Waals surface area contributed by atoms with Gasteiger partial charge in [-0.3, -0.25) is 9.80 Å². The van der Waals surface area contributed by atoms with Gasteiger partial charge in [0, 0.05) is 18.5 Å². The summed E-state index contributed by atoms with van der Waals surface area (Å²) in [5.74, 6) is 1.54. The first-order chi connectivity index (χ1) is 13.2. The Morgan fingerprint density at radius 3 is 2.68 bits per heavy atom. The summed E-state index contributed by atoms with van der Waals surface area (Å²) in [4.78, 5) is 15.9. The zero-order valence-electron chi connectivity index (χ0n) is 17.1. The van der Waals surface area contributed by atoms with Gasteiger partial charge in [-0.25, -0.2) is 4.79 Å². The number of benzene rings is 1. The van der Waals surface area contributed by atoms with Gasteiger partial charge in [0.2, 0.25) is 0 Å². The van der Waals surface area contributed by atoms with E-state index in [1.165, 1.54) is 80.5 Å². The number of likely N-dealkylation sites (tertiary alicyclic amines) is 1. The maximum absolute atomic E-state index is 11.6. The zero-order chi connectivity index (χ0) is 18.8. The number of hydrogen-bond donors (Lipinski definition) is 1. The average molecular weight is 407 g/mol. The number of anilines is 1. The smallest absolute Gasteiger partial charge is 0.411 e. The van der Waals surface area contributed by atoms with Crippen LogP contribution in [0.1, 0.15) is 75.3 Å². The summed E-state index contributed by atoms with van der Waals surface area (Å²) in [6, 6.07) is 6.98. The van der Waals surface area contributed by atoms with Gasteiger partial charge in [0.25, 0.3) is 0 Å². The third-order valence-electron chi connectivity index (χ3n) is 7.33. The van der Waals surface area contributed by atoms with Gasteiger partial charge in [0.05, 0.1) is 5.69 Å². The monoisotopic (exact) mass is 406 g/mol. The fourth-order valence-corrected chi connectivity index (χ4v) is 5.93. The fourth-order valence-electron chi connectivity index (χ4n) is 5.93. The van der Waals surface area contributed by atoms with Crippen molar-refractivity contribution in [2.75, 3.05) is 24.5 Å². The molecule has 4 nitrogen and oxygen atoms in total. The number of rotatable bonds is 5. The van der Waals surface area contributed by atoms with E-state index < -0.39 is 6.09 Å². The van der Waals surface area contributed by atoms with Crippen molar-refractivity contribution in [2.24, 2.45) is 5.92 Å². The normalized spacial score (nSPS) is 24.9.